The van der Waals surface area contributed by atoms with Crippen molar-refractivity contribution in [1.29, 1.82) is 0 Å². The number of hydrogen-bond donors (Lipinski definition) is 2. The molecule has 92 heavy (non-hydrogen) atoms. The third-order valence-electron chi connectivity index (χ3n) is 13.1. The molecule has 2 saturated heterocycles. The van der Waals surface area contributed by atoms with Crippen LogP contribution in [0.25, 0.3) is 0 Å². The van der Waals surface area contributed by atoms with Crippen LogP contribution in [0.15, 0.2) is 50.6 Å². The van der Waals surface area contributed by atoms with E-state index < -0.39 is 47.8 Å². The van der Waals surface area contributed by atoms with Crippen LogP contribution in [0.5, 0.6) is 0 Å². The van der Waals surface area contributed by atoms with Gasteiger partial charge in [0.15, 0.2) is 0 Å². The zero-order chi connectivity index (χ0) is 68.0. The Hall–Kier alpha value is -7.72. The van der Waals surface area contributed by atoms with Crippen LogP contribution in [0.1, 0.15) is 51.4 Å². The molecule has 520 valence electrons. The summed E-state index contributed by atoms with van der Waals surface area (Å²) in [6, 6.07) is 0. The Kier molecular flexibility index (Phi) is 48.2. The van der Waals surface area contributed by atoms with Gasteiger partial charge in [0.2, 0.25) is 0 Å². The summed E-state index contributed by atoms with van der Waals surface area (Å²) >= 11 is 0. The van der Waals surface area contributed by atoms with Gasteiger partial charge in [0.05, 0.1) is 64.6 Å². The van der Waals surface area contributed by atoms with Gasteiger partial charge in [-0.15, -0.1) is 0 Å². The maximum absolute atomic E-state index is 12.1. The summed E-state index contributed by atoms with van der Waals surface area (Å²) in [6.45, 7) is 21.6. The van der Waals surface area contributed by atoms with Crippen molar-refractivity contribution in [2.45, 2.75) is 51.4 Å². The zero-order valence-corrected chi connectivity index (χ0v) is 52.8. The number of aliphatic hydroxyl groups excluding tert-OH is 2. The molecule has 0 aromatic carbocycles. The quantitative estimate of drug-likeness (QED) is 0.0293. The smallest absolute Gasteiger partial charge is 0.330 e. The summed E-state index contributed by atoms with van der Waals surface area (Å²) in [6.07, 6.45) is 4.96. The van der Waals surface area contributed by atoms with Crippen molar-refractivity contribution >= 4 is 71.6 Å². The third kappa shape index (κ3) is 46.4. The second kappa shape index (κ2) is 53.9. The molecule has 0 aliphatic carbocycles. The van der Waals surface area contributed by atoms with Crippen molar-refractivity contribution in [3.63, 3.8) is 0 Å². The van der Waals surface area contributed by atoms with Gasteiger partial charge in [0.1, 0.15) is 79.3 Å². The minimum absolute atomic E-state index is 0.00413. The lowest BCUT2D eigenvalue weighted by molar-refractivity contribution is -0.153. The van der Waals surface area contributed by atoms with Crippen molar-refractivity contribution in [1.82, 2.24) is 29.4 Å². The van der Waals surface area contributed by atoms with Gasteiger partial charge in [-0.05, 0) is 0 Å². The lowest BCUT2D eigenvalue weighted by Crippen LogP contribution is -2.47. The van der Waals surface area contributed by atoms with Crippen molar-refractivity contribution < 1.29 is 125 Å². The van der Waals surface area contributed by atoms with Crippen molar-refractivity contribution in [3.8, 4) is 0 Å². The number of piperazine rings is 2. The third-order valence-corrected chi connectivity index (χ3v) is 13.1. The molecule has 32 nitrogen and oxygen atoms in total. The van der Waals surface area contributed by atoms with Gasteiger partial charge in [-0.1, -0.05) is 26.3 Å². The first-order chi connectivity index (χ1) is 44.3. The predicted molar refractivity (Wildman–Crippen MR) is 322 cm³/mol. The molecule has 0 saturated carbocycles. The van der Waals surface area contributed by atoms with Crippen LogP contribution in [0.4, 0.5) is 0 Å². The highest BCUT2D eigenvalue weighted by Gasteiger charge is 2.22. The summed E-state index contributed by atoms with van der Waals surface area (Å²) in [5.74, 6) is -5.96. The maximum Gasteiger partial charge on any atom is 0.330 e. The molecule has 2 aliphatic heterocycles. The molecule has 0 spiro atoms. The van der Waals surface area contributed by atoms with E-state index in [1.807, 2.05) is 0 Å². The number of ether oxygens (including phenoxy) is 12. The first-order valence-electron chi connectivity index (χ1n) is 30.3. The monoisotopic (exact) mass is 1310 g/mol. The lowest BCUT2D eigenvalue weighted by atomic mass is 10.2. The molecule has 2 N–H and O–H groups in total. The van der Waals surface area contributed by atoms with E-state index in [4.69, 9.17) is 56.8 Å². The molecule has 0 unspecified atom stereocenters. The van der Waals surface area contributed by atoms with Crippen LogP contribution in [0, 0.1) is 0 Å². The van der Waals surface area contributed by atoms with E-state index in [1.54, 1.807) is 9.80 Å². The molecule has 0 amide bonds. The molecule has 2 rings (SSSR count). The van der Waals surface area contributed by atoms with Gasteiger partial charge < -0.3 is 86.7 Å². The average molecular weight is 1320 g/mol. The van der Waals surface area contributed by atoms with E-state index in [0.29, 0.717) is 26.2 Å². The van der Waals surface area contributed by atoms with Gasteiger partial charge >= 0.3 is 71.6 Å². The Morgan fingerprint density at radius 3 is 0.598 bits per heavy atom. The number of rotatable bonds is 50. The van der Waals surface area contributed by atoms with E-state index in [0.717, 1.165) is 76.7 Å². The van der Waals surface area contributed by atoms with Gasteiger partial charge in [0.25, 0.3) is 0 Å². The van der Waals surface area contributed by atoms with E-state index in [-0.39, 0.29) is 207 Å². The minimum atomic E-state index is -0.626. The van der Waals surface area contributed by atoms with Crippen LogP contribution >= 0.6 is 0 Å². The lowest BCUT2D eigenvalue weighted by Gasteiger charge is -2.34. The van der Waals surface area contributed by atoms with E-state index in [9.17, 15) is 67.7 Å². The molecule has 2 fully saturated rings. The summed E-state index contributed by atoms with van der Waals surface area (Å²) in [7, 11) is 0. The van der Waals surface area contributed by atoms with Crippen molar-refractivity contribution in [2.75, 3.05) is 210 Å². The Balaban J connectivity index is 0.000000924. The van der Waals surface area contributed by atoms with Crippen LogP contribution in [0.3, 0.4) is 0 Å². The van der Waals surface area contributed by atoms with Gasteiger partial charge in [-0.3, -0.25) is 48.2 Å². The largest absolute Gasteiger partial charge is 0.462 e. The maximum atomic E-state index is 12.1. The fourth-order valence-corrected chi connectivity index (χ4v) is 8.05. The predicted octanol–water partition coefficient (Wildman–Crippen LogP) is -1.82. The SMILES string of the molecule is C=CC(=O)OCCOC(=O)CCN(CCO)CCC(=O)OCCOC(=O)CCN(CCO)CCC(=O)OCCOC(=O)C=C.C=CC(=O)OCCOC(=O)CCN1CCN(CCC(=O)OCCOC(=O)CCN2CCN(CCC(=O)OCCOC(=O)C=C)CC2)CC1. The summed E-state index contributed by atoms with van der Waals surface area (Å²) < 4.78 is 59.4. The summed E-state index contributed by atoms with van der Waals surface area (Å²) in [5, 5.41) is 18.5. The van der Waals surface area contributed by atoms with Crippen molar-refractivity contribution in [2.24, 2.45) is 0 Å². The van der Waals surface area contributed by atoms with Crippen LogP contribution in [0.2, 0.25) is 0 Å². The molecule has 2 aliphatic rings. The molecule has 0 aromatic heterocycles. The number of carbonyl (C=O) groups excluding carboxylic acids is 12. The second-order valence-corrected chi connectivity index (χ2v) is 19.7. The Morgan fingerprint density at radius 1 is 0.272 bits per heavy atom. The molecule has 0 radical (unpaired) electrons. The van der Waals surface area contributed by atoms with E-state index in [1.165, 1.54) is 0 Å². The number of carbonyl (C=O) groups is 12. The number of hydrogen-bond acceptors (Lipinski definition) is 32. The Labute approximate surface area is 536 Å². The molecular weight excluding hydrogens is 1220 g/mol. The molecule has 0 atom stereocenters. The van der Waals surface area contributed by atoms with Gasteiger partial charge in [-0.25, -0.2) is 19.2 Å². The van der Waals surface area contributed by atoms with E-state index in [2.05, 4.69) is 45.9 Å². The topological polar surface area (TPSA) is 376 Å². The number of nitrogens with zero attached hydrogens (tertiary/aromatic N) is 6. The molecule has 0 aromatic rings. The van der Waals surface area contributed by atoms with Crippen LogP contribution in [-0.2, 0) is 114 Å². The first-order valence-corrected chi connectivity index (χ1v) is 30.3. The first kappa shape index (κ1) is 82.3. The standard InChI is InChI=1S/C32H50N4O12.C28H44N2O14/c1-3-27(37)43-21-23-45-29(39)5-9-33-13-17-35(18-14-33)11-7-31(41)47-25-26-48-32(42)8-12-36-19-15-34(16-20-36)10-6-30(40)46-24-22-44-28(38)4-2;1-3-23(33)39-17-19-41-25(35)5-9-29(13-15-31)11-7-27(37)43-21-22-44-28(38)8-12-30(14-16-32)10-6-26(36)42-20-18-40-24(34)4-2/h3-4H,1-2,5-26H2;3-4,31-32H,1-2,5-22H2. The van der Waals surface area contributed by atoms with Gasteiger partial charge in [-0.2, -0.15) is 0 Å². The van der Waals surface area contributed by atoms with Crippen molar-refractivity contribution in [3.05, 3.63) is 50.6 Å². The van der Waals surface area contributed by atoms with E-state index >= 15 is 0 Å². The van der Waals surface area contributed by atoms with Crippen LogP contribution < -0.4 is 0 Å². The normalized spacial score (nSPS) is 13.3. The average Bonchev–Trinajstić information content (AvgIpc) is 3.41. The fourth-order valence-electron chi connectivity index (χ4n) is 8.05. The number of esters is 12. The number of aliphatic hydroxyl groups is 2. The highest BCUT2D eigenvalue weighted by Crippen LogP contribution is 2.08. The summed E-state index contributed by atoms with van der Waals surface area (Å²) in [5.41, 5.74) is 0. The molecule has 32 heteroatoms. The highest BCUT2D eigenvalue weighted by molar-refractivity contribution is 5.82. The molecule has 0 bridgehead atoms. The fraction of sp³-hybridized carbons (Fsp3) is 0.667. The second-order valence-electron chi connectivity index (χ2n) is 19.7. The zero-order valence-electron chi connectivity index (χ0n) is 52.8. The van der Waals surface area contributed by atoms with Crippen LogP contribution in [-0.4, -0.2) is 322 Å². The molecule has 2 heterocycles. The summed E-state index contributed by atoms with van der Waals surface area (Å²) in [4.78, 5) is 151. The Bertz CT molecular complexity index is 2120. The molecular formula is C60H94N6O26. The highest BCUT2D eigenvalue weighted by atomic mass is 16.6. The Morgan fingerprint density at radius 2 is 0.435 bits per heavy atom. The minimum Gasteiger partial charge on any atom is -0.462 e. The van der Waals surface area contributed by atoms with Gasteiger partial charge in [0, 0.05) is 142 Å².